The molecule has 0 bridgehead atoms. The van der Waals surface area contributed by atoms with Gasteiger partial charge in [0.25, 0.3) is 0 Å². The molecule has 3 aromatic rings. The maximum absolute atomic E-state index is 13.0. The van der Waals surface area contributed by atoms with E-state index >= 15 is 0 Å². The minimum atomic E-state index is -0.504. The van der Waals surface area contributed by atoms with Crippen LogP contribution in [0.2, 0.25) is 5.02 Å². The Morgan fingerprint density at radius 2 is 1.81 bits per heavy atom. The fourth-order valence-electron chi connectivity index (χ4n) is 5.95. The normalized spacial score (nSPS) is 19.5. The summed E-state index contributed by atoms with van der Waals surface area (Å²) in [5.41, 5.74) is 9.00. The van der Waals surface area contributed by atoms with E-state index in [0.717, 1.165) is 42.4 Å². The quantitative estimate of drug-likeness (QED) is 0.185. The number of allylic oxidation sites excluding steroid dienone is 1. The van der Waals surface area contributed by atoms with Crippen LogP contribution in [0.15, 0.2) is 72.1 Å². The standard InChI is InChI=1S/C35H37ClN2O5/c1-3-4-5-22-6-10-24(11-7-22)35(39)42-27-15-16-28-31(19-27)43-34(38)29(20-37)33(28)25-12-17-30(32(18-25)40-2)41-21-23-8-13-26(36)14-9-23/h8-9,12-19,22,24,33H,3-7,10-11,21,38H2,1-2H3. The van der Waals surface area contributed by atoms with Gasteiger partial charge in [0.05, 0.1) is 18.9 Å². The van der Waals surface area contributed by atoms with E-state index in [-0.39, 0.29) is 23.3 Å². The minimum Gasteiger partial charge on any atom is -0.493 e. The van der Waals surface area contributed by atoms with Gasteiger partial charge in [-0.25, -0.2) is 0 Å². The van der Waals surface area contributed by atoms with Crippen molar-refractivity contribution in [2.24, 2.45) is 17.6 Å². The summed E-state index contributed by atoms with van der Waals surface area (Å²) in [6.07, 6.45) is 7.56. The van der Waals surface area contributed by atoms with Crippen LogP contribution in [0.25, 0.3) is 0 Å². The maximum atomic E-state index is 13.0. The third kappa shape index (κ3) is 7.09. The average Bonchev–Trinajstić information content (AvgIpc) is 3.03. The second-order valence-electron chi connectivity index (χ2n) is 11.2. The van der Waals surface area contributed by atoms with E-state index < -0.39 is 5.92 Å². The van der Waals surface area contributed by atoms with Gasteiger partial charge >= 0.3 is 5.97 Å². The summed E-state index contributed by atoms with van der Waals surface area (Å²) in [4.78, 5) is 13.0. The first-order chi connectivity index (χ1) is 20.9. The highest BCUT2D eigenvalue weighted by molar-refractivity contribution is 6.30. The zero-order valence-electron chi connectivity index (χ0n) is 24.6. The molecule has 3 aromatic carbocycles. The molecule has 2 aliphatic rings. The van der Waals surface area contributed by atoms with Gasteiger partial charge in [-0.3, -0.25) is 4.79 Å². The van der Waals surface area contributed by atoms with E-state index in [9.17, 15) is 10.1 Å². The molecule has 0 aromatic heterocycles. The van der Waals surface area contributed by atoms with E-state index in [1.807, 2.05) is 48.5 Å². The van der Waals surface area contributed by atoms with Crippen LogP contribution in [0, 0.1) is 23.2 Å². The number of fused-ring (bicyclic) bond motifs is 1. The Morgan fingerprint density at radius 1 is 1.05 bits per heavy atom. The van der Waals surface area contributed by atoms with Crippen LogP contribution in [-0.4, -0.2) is 13.1 Å². The summed E-state index contributed by atoms with van der Waals surface area (Å²) in [6, 6.07) is 20.4. The van der Waals surface area contributed by atoms with E-state index in [4.69, 9.17) is 36.3 Å². The van der Waals surface area contributed by atoms with Crippen LogP contribution >= 0.6 is 11.6 Å². The monoisotopic (exact) mass is 600 g/mol. The van der Waals surface area contributed by atoms with Crippen molar-refractivity contribution in [2.75, 3.05) is 7.11 Å². The minimum absolute atomic E-state index is 0.0101. The molecule has 1 aliphatic carbocycles. The molecule has 224 valence electrons. The van der Waals surface area contributed by atoms with Crippen molar-refractivity contribution < 1.29 is 23.7 Å². The first kappa shape index (κ1) is 30.3. The number of ether oxygens (including phenoxy) is 4. The van der Waals surface area contributed by atoms with Crippen LogP contribution in [0.4, 0.5) is 0 Å². The fraction of sp³-hybridized carbons (Fsp3) is 0.371. The van der Waals surface area contributed by atoms with Gasteiger partial charge in [0, 0.05) is 16.7 Å². The van der Waals surface area contributed by atoms with Gasteiger partial charge in [0.2, 0.25) is 5.88 Å². The van der Waals surface area contributed by atoms with Crippen molar-refractivity contribution in [2.45, 2.75) is 64.4 Å². The van der Waals surface area contributed by atoms with Crippen LogP contribution in [-0.2, 0) is 11.4 Å². The number of unbranched alkanes of at least 4 members (excludes halogenated alkanes) is 1. The number of esters is 1. The second-order valence-corrected chi connectivity index (χ2v) is 11.7. The lowest BCUT2D eigenvalue weighted by Gasteiger charge is -2.28. The van der Waals surface area contributed by atoms with E-state index in [0.29, 0.717) is 40.5 Å². The lowest BCUT2D eigenvalue weighted by Crippen LogP contribution is -2.26. The van der Waals surface area contributed by atoms with Crippen LogP contribution in [0.3, 0.4) is 0 Å². The third-order valence-corrected chi connectivity index (χ3v) is 8.64. The van der Waals surface area contributed by atoms with Gasteiger partial charge in [-0.1, -0.05) is 62.1 Å². The van der Waals surface area contributed by atoms with Gasteiger partial charge in [-0.2, -0.15) is 5.26 Å². The molecule has 1 saturated carbocycles. The number of methoxy groups -OCH3 is 1. The van der Waals surface area contributed by atoms with E-state index in [2.05, 4.69) is 13.0 Å². The maximum Gasteiger partial charge on any atom is 0.314 e. The van der Waals surface area contributed by atoms with Gasteiger partial charge in [0.15, 0.2) is 11.5 Å². The van der Waals surface area contributed by atoms with Gasteiger partial charge in [-0.15, -0.1) is 0 Å². The third-order valence-electron chi connectivity index (χ3n) is 8.38. The molecule has 0 amide bonds. The Kier molecular flexibility index (Phi) is 9.79. The van der Waals surface area contributed by atoms with Crippen molar-refractivity contribution >= 4 is 17.6 Å². The molecule has 1 fully saturated rings. The summed E-state index contributed by atoms with van der Waals surface area (Å²) >= 11 is 5.99. The Bertz CT molecular complexity index is 1520. The molecule has 1 atom stereocenters. The van der Waals surface area contributed by atoms with E-state index in [1.165, 1.54) is 19.3 Å². The fourth-order valence-corrected chi connectivity index (χ4v) is 6.07. The van der Waals surface area contributed by atoms with E-state index in [1.54, 1.807) is 19.2 Å². The number of nitrogens with two attached hydrogens (primary N) is 1. The first-order valence-electron chi connectivity index (χ1n) is 14.9. The summed E-state index contributed by atoms with van der Waals surface area (Å²) in [6.45, 7) is 2.55. The molecular weight excluding hydrogens is 564 g/mol. The number of benzene rings is 3. The molecule has 7 nitrogen and oxygen atoms in total. The number of nitriles is 1. The highest BCUT2D eigenvalue weighted by Crippen LogP contribution is 2.45. The Labute approximate surface area is 258 Å². The summed E-state index contributed by atoms with van der Waals surface area (Å²) in [5.74, 6) is 1.84. The van der Waals surface area contributed by atoms with Crippen LogP contribution in [0.1, 0.15) is 74.5 Å². The smallest absolute Gasteiger partial charge is 0.314 e. The molecule has 2 N–H and O–H groups in total. The number of nitrogens with zero attached hydrogens (tertiary/aromatic N) is 1. The summed E-state index contributed by atoms with van der Waals surface area (Å²) < 4.78 is 23.3. The lowest BCUT2D eigenvalue weighted by molar-refractivity contribution is -0.140. The number of carbonyl (C=O) groups is 1. The number of hydrogen-bond donors (Lipinski definition) is 1. The molecule has 5 rings (SSSR count). The van der Waals surface area contributed by atoms with Gasteiger partial charge < -0.3 is 24.7 Å². The average molecular weight is 601 g/mol. The zero-order chi connectivity index (χ0) is 30.3. The van der Waals surface area contributed by atoms with Crippen molar-refractivity contribution in [1.29, 1.82) is 5.26 Å². The Balaban J connectivity index is 1.33. The summed E-state index contributed by atoms with van der Waals surface area (Å²) in [5, 5.41) is 10.7. The molecule has 8 heteroatoms. The molecule has 0 saturated heterocycles. The first-order valence-corrected chi connectivity index (χ1v) is 15.3. The second kappa shape index (κ2) is 13.9. The number of halogens is 1. The number of carbonyl (C=O) groups excluding carboxylic acids is 1. The summed E-state index contributed by atoms with van der Waals surface area (Å²) in [7, 11) is 1.57. The Hall–Kier alpha value is -4.15. The number of rotatable bonds is 10. The lowest BCUT2D eigenvalue weighted by atomic mass is 9.80. The molecular formula is C35H37ClN2O5. The molecule has 0 spiro atoms. The highest BCUT2D eigenvalue weighted by atomic mass is 35.5. The van der Waals surface area contributed by atoms with Crippen molar-refractivity contribution in [3.05, 3.63) is 93.8 Å². The van der Waals surface area contributed by atoms with Crippen molar-refractivity contribution in [3.63, 3.8) is 0 Å². The molecule has 1 aliphatic heterocycles. The SMILES string of the molecule is CCCCC1CCC(C(=O)Oc2ccc3c(c2)OC(N)=C(C#N)C3c2ccc(OCc3ccc(Cl)cc3)c(OC)c2)CC1. The molecule has 1 heterocycles. The Morgan fingerprint density at radius 3 is 2.51 bits per heavy atom. The predicted molar refractivity (Wildman–Crippen MR) is 165 cm³/mol. The van der Waals surface area contributed by atoms with Crippen molar-refractivity contribution in [3.8, 4) is 29.1 Å². The molecule has 0 radical (unpaired) electrons. The predicted octanol–water partition coefficient (Wildman–Crippen LogP) is 8.05. The van der Waals surface area contributed by atoms with Crippen LogP contribution in [0.5, 0.6) is 23.0 Å². The van der Waals surface area contributed by atoms with Crippen molar-refractivity contribution in [1.82, 2.24) is 0 Å². The molecule has 43 heavy (non-hydrogen) atoms. The zero-order valence-corrected chi connectivity index (χ0v) is 25.4. The largest absolute Gasteiger partial charge is 0.493 e. The van der Waals surface area contributed by atoms with Gasteiger partial charge in [0.1, 0.15) is 29.7 Å². The highest BCUT2D eigenvalue weighted by Gasteiger charge is 2.33. The van der Waals surface area contributed by atoms with Crippen LogP contribution < -0.4 is 24.7 Å². The van der Waals surface area contributed by atoms with Gasteiger partial charge in [-0.05, 0) is 73.1 Å². The topological polar surface area (TPSA) is 104 Å². The molecule has 1 unspecified atom stereocenters. The number of hydrogen-bond acceptors (Lipinski definition) is 7.